The molecule has 0 aliphatic carbocycles. The highest BCUT2D eigenvalue weighted by atomic mass is 16.4. The van der Waals surface area contributed by atoms with Gasteiger partial charge in [-0.05, 0) is 19.4 Å². The number of hydrogen-bond acceptors (Lipinski definition) is 5. The van der Waals surface area contributed by atoms with Gasteiger partial charge in [0, 0.05) is 0 Å². The van der Waals surface area contributed by atoms with Crippen molar-refractivity contribution in [3.05, 3.63) is 0 Å². The van der Waals surface area contributed by atoms with Gasteiger partial charge in [0.1, 0.15) is 6.04 Å². The molecule has 94 valence electrons. The van der Waals surface area contributed by atoms with E-state index in [2.05, 4.69) is 0 Å². The Morgan fingerprint density at radius 2 is 1.44 bits per heavy atom. The molecule has 0 aromatic heterocycles. The average Bonchev–Trinajstić information content (AvgIpc) is 2.18. The molecule has 7 N–H and O–H groups in total. The largest absolute Gasteiger partial charge is 0.480 e. The van der Waals surface area contributed by atoms with Gasteiger partial charge in [0.2, 0.25) is 0 Å². The molecule has 0 radical (unpaired) electrons. The first-order chi connectivity index (χ1) is 7.32. The van der Waals surface area contributed by atoms with Crippen LogP contribution in [0.25, 0.3) is 0 Å². The Morgan fingerprint density at radius 1 is 1.00 bits per heavy atom. The molecule has 8 nitrogen and oxygen atoms in total. The van der Waals surface area contributed by atoms with Crippen molar-refractivity contribution in [2.75, 3.05) is 6.54 Å². The molecule has 0 saturated heterocycles. The minimum atomic E-state index is -1.82. The fraction of sp³-hybridized carbons (Fsp3) is 0.625. The SMILES string of the molecule is NCCCC[C@H](N)C(=O)O.O=C(O)C(=O)O. The summed E-state index contributed by atoms with van der Waals surface area (Å²) in [6, 6.07) is -0.716. The van der Waals surface area contributed by atoms with Gasteiger partial charge in [0.15, 0.2) is 0 Å². The van der Waals surface area contributed by atoms with Crippen LogP contribution in [0.15, 0.2) is 0 Å². The van der Waals surface area contributed by atoms with Crippen LogP contribution in [0, 0.1) is 0 Å². The maximum absolute atomic E-state index is 10.1. The van der Waals surface area contributed by atoms with E-state index in [4.69, 9.17) is 36.4 Å². The second-order valence-corrected chi connectivity index (χ2v) is 2.84. The Bertz CT molecular complexity index is 231. The standard InChI is InChI=1S/C6H14N2O2.C2H2O4/c7-4-2-1-3-5(8)6(9)10;3-1(4)2(5)6/h5H,1-4,7-8H2,(H,9,10);(H,3,4)(H,5,6)/t5-;/m0./s1. The zero-order chi connectivity index (χ0) is 13.1. The molecule has 0 rings (SSSR count). The molecule has 8 heteroatoms. The van der Waals surface area contributed by atoms with Gasteiger partial charge in [0.05, 0.1) is 0 Å². The van der Waals surface area contributed by atoms with E-state index in [-0.39, 0.29) is 0 Å². The predicted molar refractivity (Wildman–Crippen MR) is 53.8 cm³/mol. The summed E-state index contributed by atoms with van der Waals surface area (Å²) in [5, 5.41) is 23.1. The quantitative estimate of drug-likeness (QED) is 0.289. The summed E-state index contributed by atoms with van der Waals surface area (Å²) in [5.41, 5.74) is 10.4. The number of carboxylic acids is 3. The summed E-state index contributed by atoms with van der Waals surface area (Å²) >= 11 is 0. The molecule has 0 aliphatic rings. The van der Waals surface area contributed by atoms with Gasteiger partial charge in [-0.3, -0.25) is 4.79 Å². The van der Waals surface area contributed by atoms with E-state index in [0.29, 0.717) is 13.0 Å². The summed E-state index contributed by atoms with van der Waals surface area (Å²) in [6.45, 7) is 0.604. The maximum Gasteiger partial charge on any atom is 0.414 e. The number of carbonyl (C=O) groups is 3. The first kappa shape index (κ1) is 16.7. The summed E-state index contributed by atoms with van der Waals surface area (Å²) < 4.78 is 0. The van der Waals surface area contributed by atoms with E-state index in [0.717, 1.165) is 12.8 Å². The lowest BCUT2D eigenvalue weighted by molar-refractivity contribution is -0.159. The highest BCUT2D eigenvalue weighted by Crippen LogP contribution is 1.96. The number of nitrogens with two attached hydrogens (primary N) is 2. The molecule has 0 amide bonds. The number of aliphatic carboxylic acids is 3. The molecule has 0 unspecified atom stereocenters. The van der Waals surface area contributed by atoms with Crippen LogP contribution in [0.5, 0.6) is 0 Å². The van der Waals surface area contributed by atoms with Crippen molar-refractivity contribution in [1.29, 1.82) is 0 Å². The van der Waals surface area contributed by atoms with Gasteiger partial charge >= 0.3 is 17.9 Å². The minimum Gasteiger partial charge on any atom is -0.480 e. The van der Waals surface area contributed by atoms with Crippen LogP contribution in [-0.4, -0.2) is 45.8 Å². The monoisotopic (exact) mass is 236 g/mol. The van der Waals surface area contributed by atoms with Crippen LogP contribution < -0.4 is 11.5 Å². The average molecular weight is 236 g/mol. The van der Waals surface area contributed by atoms with Crippen LogP contribution in [0.3, 0.4) is 0 Å². The summed E-state index contributed by atoms with van der Waals surface area (Å²) in [7, 11) is 0. The molecule has 0 aliphatic heterocycles. The molecule has 0 spiro atoms. The first-order valence-corrected chi connectivity index (χ1v) is 4.47. The third-order valence-corrected chi connectivity index (χ3v) is 1.47. The summed E-state index contributed by atoms with van der Waals surface area (Å²) in [6.07, 6.45) is 2.16. The number of hydrogen-bond donors (Lipinski definition) is 5. The predicted octanol–water partition coefficient (Wildman–Crippen LogP) is -1.32. The van der Waals surface area contributed by atoms with Crippen LogP contribution >= 0.6 is 0 Å². The first-order valence-electron chi connectivity index (χ1n) is 4.47. The Hall–Kier alpha value is -1.67. The number of unbranched alkanes of at least 4 members (excludes halogenated alkanes) is 1. The van der Waals surface area contributed by atoms with Crippen molar-refractivity contribution in [3.63, 3.8) is 0 Å². The van der Waals surface area contributed by atoms with E-state index in [1.54, 1.807) is 0 Å². The van der Waals surface area contributed by atoms with E-state index in [1.165, 1.54) is 0 Å². The third-order valence-electron chi connectivity index (χ3n) is 1.47. The van der Waals surface area contributed by atoms with Crippen LogP contribution in [-0.2, 0) is 14.4 Å². The molecule has 0 bridgehead atoms. The van der Waals surface area contributed by atoms with Gasteiger partial charge in [-0.25, -0.2) is 9.59 Å². The Kier molecular flexibility index (Phi) is 10.3. The van der Waals surface area contributed by atoms with Gasteiger partial charge in [-0.15, -0.1) is 0 Å². The maximum atomic E-state index is 10.1. The molecule has 0 aromatic carbocycles. The van der Waals surface area contributed by atoms with Crippen LogP contribution in [0.4, 0.5) is 0 Å². The zero-order valence-electron chi connectivity index (χ0n) is 8.63. The Labute approximate surface area is 91.8 Å². The lowest BCUT2D eigenvalue weighted by Crippen LogP contribution is -2.29. The molecular weight excluding hydrogens is 220 g/mol. The molecule has 0 fully saturated rings. The van der Waals surface area contributed by atoms with Crippen molar-refractivity contribution in [1.82, 2.24) is 0 Å². The van der Waals surface area contributed by atoms with Crippen molar-refractivity contribution in [3.8, 4) is 0 Å². The van der Waals surface area contributed by atoms with E-state index < -0.39 is 23.9 Å². The van der Waals surface area contributed by atoms with Crippen molar-refractivity contribution < 1.29 is 29.7 Å². The second-order valence-electron chi connectivity index (χ2n) is 2.84. The highest BCUT2D eigenvalue weighted by molar-refractivity contribution is 6.27. The number of carboxylic acid groups (broad SMARTS) is 3. The van der Waals surface area contributed by atoms with Gasteiger partial charge in [-0.2, -0.15) is 0 Å². The van der Waals surface area contributed by atoms with Crippen molar-refractivity contribution >= 4 is 17.9 Å². The molecule has 0 saturated carbocycles. The van der Waals surface area contributed by atoms with Gasteiger partial charge in [0.25, 0.3) is 0 Å². The van der Waals surface area contributed by atoms with Crippen molar-refractivity contribution in [2.45, 2.75) is 25.3 Å². The topological polar surface area (TPSA) is 164 Å². The fourth-order valence-electron chi connectivity index (χ4n) is 0.632. The summed E-state index contributed by atoms with van der Waals surface area (Å²) in [4.78, 5) is 28.3. The van der Waals surface area contributed by atoms with Crippen LogP contribution in [0.1, 0.15) is 19.3 Å². The zero-order valence-corrected chi connectivity index (χ0v) is 8.63. The molecular formula is C8H16N2O6. The normalized spacial score (nSPS) is 10.9. The van der Waals surface area contributed by atoms with E-state index >= 15 is 0 Å². The second kappa shape index (κ2) is 9.87. The molecule has 16 heavy (non-hydrogen) atoms. The van der Waals surface area contributed by atoms with Crippen LogP contribution in [0.2, 0.25) is 0 Å². The Morgan fingerprint density at radius 3 is 1.69 bits per heavy atom. The lowest BCUT2D eigenvalue weighted by atomic mass is 10.1. The van der Waals surface area contributed by atoms with Gasteiger partial charge < -0.3 is 26.8 Å². The molecule has 0 aromatic rings. The minimum absolute atomic E-state index is 0.520. The third kappa shape index (κ3) is 12.3. The van der Waals surface area contributed by atoms with E-state index in [9.17, 15) is 4.79 Å². The van der Waals surface area contributed by atoms with E-state index in [1.807, 2.05) is 0 Å². The fourth-order valence-corrected chi connectivity index (χ4v) is 0.632. The lowest BCUT2D eigenvalue weighted by Gasteiger charge is -2.03. The van der Waals surface area contributed by atoms with Crippen molar-refractivity contribution in [2.24, 2.45) is 11.5 Å². The van der Waals surface area contributed by atoms with Gasteiger partial charge in [-0.1, -0.05) is 6.42 Å². The Balaban J connectivity index is 0. The summed E-state index contributed by atoms with van der Waals surface area (Å²) in [5.74, 6) is -4.58. The smallest absolute Gasteiger partial charge is 0.414 e. The number of rotatable bonds is 5. The molecule has 1 atom stereocenters. The highest BCUT2D eigenvalue weighted by Gasteiger charge is 2.09. The molecule has 0 heterocycles.